The number of ether oxygens (including phenoxy) is 1. The largest absolute Gasteiger partial charge is 0.371 e. The molecule has 1 saturated heterocycles. The van der Waals surface area contributed by atoms with Crippen LogP contribution in [0, 0.1) is 11.7 Å². The number of carbonyl (C=O) groups excluding carboxylic acids is 1. The lowest BCUT2D eigenvalue weighted by molar-refractivity contribution is -0.0875. The van der Waals surface area contributed by atoms with E-state index in [0.717, 1.165) is 19.3 Å². The molecule has 3 nitrogen and oxygen atoms in total. The summed E-state index contributed by atoms with van der Waals surface area (Å²) in [6.45, 7) is 3.33. The summed E-state index contributed by atoms with van der Waals surface area (Å²) in [5.41, 5.74) is 0.174. The normalized spacial score (nSPS) is 25.3. The molecule has 0 N–H and O–H groups in total. The summed E-state index contributed by atoms with van der Waals surface area (Å²) in [6, 6.07) is 6.24. The van der Waals surface area contributed by atoms with Crippen LogP contribution in [-0.4, -0.2) is 36.1 Å². The van der Waals surface area contributed by atoms with Crippen LogP contribution in [0.1, 0.15) is 49.4 Å². The minimum Gasteiger partial charge on any atom is -0.371 e. The quantitative estimate of drug-likeness (QED) is 0.831. The van der Waals surface area contributed by atoms with E-state index in [4.69, 9.17) is 4.74 Å². The standard InChI is InChI=1S/C18H24FNO2/c1-2-3-6-14-11-20(12-17(22-14)13-9-10-13)18(21)15-7-4-5-8-16(15)19/h4-5,7-8,13-14,17H,2-3,6,9-12H2,1H3/t14-,17-/m1/s1. The zero-order valence-corrected chi connectivity index (χ0v) is 13.1. The highest BCUT2D eigenvalue weighted by Gasteiger charge is 2.39. The monoisotopic (exact) mass is 305 g/mol. The summed E-state index contributed by atoms with van der Waals surface area (Å²) in [7, 11) is 0. The molecule has 4 heteroatoms. The first-order valence-electron chi connectivity index (χ1n) is 8.38. The minimum atomic E-state index is -0.438. The van der Waals surface area contributed by atoms with E-state index in [0.29, 0.717) is 19.0 Å². The van der Waals surface area contributed by atoms with Crippen molar-refractivity contribution in [2.45, 2.75) is 51.2 Å². The average Bonchev–Trinajstić information content (AvgIpc) is 3.37. The van der Waals surface area contributed by atoms with Crippen LogP contribution in [0.15, 0.2) is 24.3 Å². The number of hydrogen-bond donors (Lipinski definition) is 0. The van der Waals surface area contributed by atoms with Gasteiger partial charge in [-0.05, 0) is 37.3 Å². The maximum Gasteiger partial charge on any atom is 0.257 e. The van der Waals surface area contributed by atoms with Gasteiger partial charge < -0.3 is 9.64 Å². The van der Waals surface area contributed by atoms with Gasteiger partial charge in [0.25, 0.3) is 5.91 Å². The van der Waals surface area contributed by atoms with Crippen LogP contribution in [0.25, 0.3) is 0 Å². The number of rotatable bonds is 5. The Bertz CT molecular complexity index is 530. The van der Waals surface area contributed by atoms with E-state index >= 15 is 0 Å². The predicted octanol–water partition coefficient (Wildman–Crippen LogP) is 3.64. The third-order valence-electron chi connectivity index (χ3n) is 4.61. The Morgan fingerprint density at radius 1 is 1.32 bits per heavy atom. The highest BCUT2D eigenvalue weighted by Crippen LogP contribution is 2.37. The molecule has 0 bridgehead atoms. The van der Waals surface area contributed by atoms with Crippen molar-refractivity contribution in [2.75, 3.05) is 13.1 Å². The van der Waals surface area contributed by atoms with E-state index in [1.54, 1.807) is 23.1 Å². The molecule has 0 unspecified atom stereocenters. The van der Waals surface area contributed by atoms with Gasteiger partial charge in [0.05, 0.1) is 17.8 Å². The van der Waals surface area contributed by atoms with Crippen LogP contribution in [-0.2, 0) is 4.74 Å². The van der Waals surface area contributed by atoms with Crippen LogP contribution in [0.2, 0.25) is 0 Å². The maximum atomic E-state index is 13.9. The van der Waals surface area contributed by atoms with E-state index in [2.05, 4.69) is 6.92 Å². The van der Waals surface area contributed by atoms with Gasteiger partial charge >= 0.3 is 0 Å². The molecular weight excluding hydrogens is 281 g/mol. The molecule has 2 fully saturated rings. The van der Waals surface area contributed by atoms with E-state index in [9.17, 15) is 9.18 Å². The summed E-state index contributed by atoms with van der Waals surface area (Å²) >= 11 is 0. The third-order valence-corrected chi connectivity index (χ3v) is 4.61. The molecule has 0 radical (unpaired) electrons. The SMILES string of the molecule is CCCC[C@@H]1CN(C(=O)c2ccccc2F)C[C@H](C2CC2)O1. The van der Waals surface area contributed by atoms with Crippen LogP contribution in [0.3, 0.4) is 0 Å². The molecule has 1 heterocycles. The Hall–Kier alpha value is -1.42. The number of benzene rings is 1. The first-order valence-corrected chi connectivity index (χ1v) is 8.38. The smallest absolute Gasteiger partial charge is 0.257 e. The van der Waals surface area contributed by atoms with Crippen LogP contribution in [0.4, 0.5) is 4.39 Å². The molecule has 1 amide bonds. The Kier molecular flexibility index (Phi) is 4.77. The van der Waals surface area contributed by atoms with Gasteiger partial charge in [0.15, 0.2) is 0 Å². The van der Waals surface area contributed by atoms with Gasteiger partial charge in [-0.2, -0.15) is 0 Å². The van der Waals surface area contributed by atoms with Crippen molar-refractivity contribution in [1.29, 1.82) is 0 Å². The second-order valence-corrected chi connectivity index (χ2v) is 6.47. The van der Waals surface area contributed by atoms with Crippen molar-refractivity contribution < 1.29 is 13.9 Å². The fourth-order valence-corrected chi connectivity index (χ4v) is 3.16. The van der Waals surface area contributed by atoms with E-state index in [1.165, 1.54) is 18.9 Å². The molecule has 1 aliphatic heterocycles. The van der Waals surface area contributed by atoms with Crippen LogP contribution >= 0.6 is 0 Å². The molecule has 0 aromatic heterocycles. The maximum absolute atomic E-state index is 13.9. The Morgan fingerprint density at radius 3 is 2.77 bits per heavy atom. The van der Waals surface area contributed by atoms with Crippen molar-refractivity contribution >= 4 is 5.91 Å². The summed E-state index contributed by atoms with van der Waals surface area (Å²) in [5.74, 6) is -0.0547. The fourth-order valence-electron chi connectivity index (χ4n) is 3.16. The topological polar surface area (TPSA) is 29.5 Å². The number of amides is 1. The summed E-state index contributed by atoms with van der Waals surface area (Å²) in [6.07, 6.45) is 5.79. The molecule has 2 aliphatic rings. The Labute approximate surface area is 131 Å². The second-order valence-electron chi connectivity index (χ2n) is 6.47. The van der Waals surface area contributed by atoms with Gasteiger partial charge in [-0.3, -0.25) is 4.79 Å². The third kappa shape index (κ3) is 3.49. The number of morpholine rings is 1. The Balaban J connectivity index is 1.73. The molecule has 1 saturated carbocycles. The van der Waals surface area contributed by atoms with Gasteiger partial charge in [-0.15, -0.1) is 0 Å². The molecule has 3 rings (SSSR count). The van der Waals surface area contributed by atoms with Gasteiger partial charge in [-0.1, -0.05) is 31.9 Å². The summed E-state index contributed by atoms with van der Waals surface area (Å²) < 4.78 is 20.1. The lowest BCUT2D eigenvalue weighted by Crippen LogP contribution is -2.51. The van der Waals surface area contributed by atoms with Crippen molar-refractivity contribution in [2.24, 2.45) is 5.92 Å². The van der Waals surface area contributed by atoms with Gasteiger partial charge in [0.2, 0.25) is 0 Å². The van der Waals surface area contributed by atoms with Crippen molar-refractivity contribution in [3.63, 3.8) is 0 Å². The van der Waals surface area contributed by atoms with Crippen LogP contribution < -0.4 is 0 Å². The minimum absolute atomic E-state index is 0.0926. The van der Waals surface area contributed by atoms with Gasteiger partial charge in [0, 0.05) is 13.1 Å². The zero-order chi connectivity index (χ0) is 15.5. The average molecular weight is 305 g/mol. The number of halogens is 1. The Morgan fingerprint density at radius 2 is 2.09 bits per heavy atom. The first kappa shape index (κ1) is 15.5. The van der Waals surface area contributed by atoms with Crippen LogP contribution in [0.5, 0.6) is 0 Å². The molecule has 1 aromatic rings. The first-order chi connectivity index (χ1) is 10.7. The number of nitrogens with zero attached hydrogens (tertiary/aromatic N) is 1. The fraction of sp³-hybridized carbons (Fsp3) is 0.611. The predicted molar refractivity (Wildman–Crippen MR) is 83.2 cm³/mol. The van der Waals surface area contributed by atoms with Gasteiger partial charge in [-0.25, -0.2) is 4.39 Å². The van der Waals surface area contributed by atoms with Crippen molar-refractivity contribution in [3.05, 3.63) is 35.6 Å². The lowest BCUT2D eigenvalue weighted by Gasteiger charge is -2.38. The zero-order valence-electron chi connectivity index (χ0n) is 13.1. The highest BCUT2D eigenvalue weighted by molar-refractivity contribution is 5.94. The summed E-state index contributed by atoms with van der Waals surface area (Å²) in [4.78, 5) is 14.5. The molecule has 1 aliphatic carbocycles. The number of hydrogen-bond acceptors (Lipinski definition) is 2. The van der Waals surface area contributed by atoms with E-state index in [1.807, 2.05) is 0 Å². The van der Waals surface area contributed by atoms with E-state index in [-0.39, 0.29) is 23.7 Å². The molecule has 1 aromatic carbocycles. The number of carbonyl (C=O) groups is 1. The number of unbranched alkanes of at least 4 members (excludes halogenated alkanes) is 1. The molecule has 22 heavy (non-hydrogen) atoms. The van der Waals surface area contributed by atoms with Crippen molar-refractivity contribution in [1.82, 2.24) is 4.90 Å². The lowest BCUT2D eigenvalue weighted by atomic mass is 10.1. The molecule has 0 spiro atoms. The van der Waals surface area contributed by atoms with Gasteiger partial charge in [0.1, 0.15) is 5.82 Å². The highest BCUT2D eigenvalue weighted by atomic mass is 19.1. The molecular formula is C18H24FNO2. The summed E-state index contributed by atoms with van der Waals surface area (Å²) in [5, 5.41) is 0. The molecule has 2 atom stereocenters. The second kappa shape index (κ2) is 6.78. The van der Waals surface area contributed by atoms with E-state index < -0.39 is 5.82 Å². The molecule has 120 valence electrons. The van der Waals surface area contributed by atoms with Crippen molar-refractivity contribution in [3.8, 4) is 0 Å².